The third-order valence-corrected chi connectivity index (χ3v) is 2.62. The van der Waals surface area contributed by atoms with Crippen LogP contribution in [0, 0.1) is 5.82 Å². The minimum absolute atomic E-state index is 0.374. The van der Waals surface area contributed by atoms with E-state index >= 15 is 0 Å². The lowest BCUT2D eigenvalue weighted by Gasteiger charge is -2.36. The molecule has 0 aliphatic carbocycles. The molecule has 1 aromatic rings. The number of esters is 1. The van der Waals surface area contributed by atoms with Gasteiger partial charge in [0.05, 0.1) is 12.7 Å². The van der Waals surface area contributed by atoms with Gasteiger partial charge in [-0.25, -0.2) is 9.18 Å². The van der Waals surface area contributed by atoms with Gasteiger partial charge in [0, 0.05) is 5.56 Å². The van der Waals surface area contributed by atoms with Crippen LogP contribution in [-0.4, -0.2) is 19.4 Å². The van der Waals surface area contributed by atoms with E-state index in [1.165, 1.54) is 25.3 Å². The Labute approximate surface area is 98.3 Å². The Hall–Kier alpha value is -1.62. The molecule has 1 aliphatic rings. The molecule has 1 aliphatic heterocycles. The van der Waals surface area contributed by atoms with E-state index in [1.807, 2.05) is 0 Å². The first-order valence-electron chi connectivity index (χ1n) is 5.16. The van der Waals surface area contributed by atoms with E-state index in [-0.39, 0.29) is 5.82 Å². The minimum Gasteiger partial charge on any atom is -0.464 e. The van der Waals surface area contributed by atoms with E-state index in [2.05, 4.69) is 4.74 Å². The quantitative estimate of drug-likeness (QED) is 0.704. The minimum atomic E-state index is -1.12. The van der Waals surface area contributed by atoms with Crippen molar-refractivity contribution in [3.8, 4) is 5.75 Å². The molecule has 1 unspecified atom stereocenters. The van der Waals surface area contributed by atoms with E-state index in [1.54, 1.807) is 13.8 Å². The van der Waals surface area contributed by atoms with Crippen LogP contribution in [0.4, 0.5) is 4.39 Å². The SMILES string of the molecule is COC(=O)C1Oc2ccc(F)cc2C(C)(C)O1. The lowest BCUT2D eigenvalue weighted by molar-refractivity contribution is -0.208. The van der Waals surface area contributed by atoms with Crippen molar-refractivity contribution in [1.29, 1.82) is 0 Å². The lowest BCUT2D eigenvalue weighted by atomic mass is 9.96. The Bertz CT molecular complexity index is 456. The highest BCUT2D eigenvalue weighted by atomic mass is 19.1. The van der Waals surface area contributed by atoms with Gasteiger partial charge in [-0.05, 0) is 32.0 Å². The van der Waals surface area contributed by atoms with Gasteiger partial charge in [-0.2, -0.15) is 0 Å². The maximum atomic E-state index is 13.2. The molecule has 92 valence electrons. The fourth-order valence-corrected chi connectivity index (χ4v) is 1.74. The number of halogens is 1. The smallest absolute Gasteiger partial charge is 0.376 e. The Morgan fingerprint density at radius 1 is 1.47 bits per heavy atom. The lowest BCUT2D eigenvalue weighted by Crippen LogP contribution is -2.42. The molecule has 1 heterocycles. The predicted molar refractivity (Wildman–Crippen MR) is 56.9 cm³/mol. The first-order chi connectivity index (χ1) is 7.94. The summed E-state index contributed by atoms with van der Waals surface area (Å²) in [4.78, 5) is 11.4. The summed E-state index contributed by atoms with van der Waals surface area (Å²) in [5, 5.41) is 0. The third kappa shape index (κ3) is 2.10. The van der Waals surface area contributed by atoms with Crippen molar-refractivity contribution in [2.45, 2.75) is 25.7 Å². The van der Waals surface area contributed by atoms with Crippen LogP contribution in [0.1, 0.15) is 19.4 Å². The normalized spacial score (nSPS) is 21.3. The van der Waals surface area contributed by atoms with Crippen molar-refractivity contribution < 1.29 is 23.4 Å². The van der Waals surface area contributed by atoms with Gasteiger partial charge >= 0.3 is 5.97 Å². The second-order valence-corrected chi connectivity index (χ2v) is 4.24. The molecular weight excluding hydrogens is 227 g/mol. The zero-order chi connectivity index (χ0) is 12.6. The number of hydrogen-bond acceptors (Lipinski definition) is 4. The number of carbonyl (C=O) groups is 1. The number of hydrogen-bond donors (Lipinski definition) is 0. The van der Waals surface area contributed by atoms with Gasteiger partial charge < -0.3 is 14.2 Å². The van der Waals surface area contributed by atoms with Crippen molar-refractivity contribution in [3.63, 3.8) is 0 Å². The second kappa shape index (κ2) is 4.00. The molecule has 0 saturated carbocycles. The molecule has 1 atom stereocenters. The molecule has 0 bridgehead atoms. The molecule has 5 heteroatoms. The average molecular weight is 240 g/mol. The molecule has 4 nitrogen and oxygen atoms in total. The number of benzene rings is 1. The van der Waals surface area contributed by atoms with Crippen LogP contribution >= 0.6 is 0 Å². The van der Waals surface area contributed by atoms with Crippen LogP contribution in [0.5, 0.6) is 5.75 Å². The van der Waals surface area contributed by atoms with Gasteiger partial charge in [0.25, 0.3) is 6.29 Å². The predicted octanol–water partition coefficient (Wildman–Crippen LogP) is 1.97. The highest BCUT2D eigenvalue weighted by Crippen LogP contribution is 2.39. The van der Waals surface area contributed by atoms with Crippen LogP contribution in [0.3, 0.4) is 0 Å². The molecule has 0 radical (unpaired) electrons. The number of ether oxygens (including phenoxy) is 3. The fourth-order valence-electron chi connectivity index (χ4n) is 1.74. The van der Waals surface area contributed by atoms with Crippen LogP contribution in [0.15, 0.2) is 18.2 Å². The molecule has 0 N–H and O–H groups in total. The van der Waals surface area contributed by atoms with E-state index < -0.39 is 17.9 Å². The van der Waals surface area contributed by atoms with E-state index in [0.717, 1.165) is 0 Å². The van der Waals surface area contributed by atoms with Crippen molar-refractivity contribution in [3.05, 3.63) is 29.6 Å². The number of fused-ring (bicyclic) bond motifs is 1. The van der Waals surface area contributed by atoms with Crippen molar-refractivity contribution in [2.75, 3.05) is 7.11 Å². The number of methoxy groups -OCH3 is 1. The standard InChI is InChI=1S/C12H13FO4/c1-12(2)8-6-7(13)4-5-9(8)16-11(17-12)10(14)15-3/h4-6,11H,1-3H3. The maximum Gasteiger partial charge on any atom is 0.376 e. The van der Waals surface area contributed by atoms with Crippen LogP contribution < -0.4 is 4.74 Å². The maximum absolute atomic E-state index is 13.2. The van der Waals surface area contributed by atoms with Gasteiger partial charge in [-0.15, -0.1) is 0 Å². The zero-order valence-corrected chi connectivity index (χ0v) is 9.82. The molecule has 0 fully saturated rings. The molecule has 0 saturated heterocycles. The van der Waals surface area contributed by atoms with Gasteiger partial charge in [-0.1, -0.05) is 0 Å². The Balaban J connectivity index is 2.40. The summed E-state index contributed by atoms with van der Waals surface area (Å²) >= 11 is 0. The number of carbonyl (C=O) groups excluding carboxylic acids is 1. The van der Waals surface area contributed by atoms with Gasteiger partial charge in [0.1, 0.15) is 11.6 Å². The molecule has 0 aromatic heterocycles. The first kappa shape index (κ1) is 11.9. The largest absolute Gasteiger partial charge is 0.464 e. The van der Waals surface area contributed by atoms with Gasteiger partial charge in [0.15, 0.2) is 0 Å². The highest BCUT2D eigenvalue weighted by Gasteiger charge is 2.39. The van der Waals surface area contributed by atoms with Gasteiger partial charge in [-0.3, -0.25) is 0 Å². The Morgan fingerprint density at radius 3 is 2.82 bits per heavy atom. The van der Waals surface area contributed by atoms with E-state index in [0.29, 0.717) is 11.3 Å². The molecule has 0 spiro atoms. The Morgan fingerprint density at radius 2 is 2.18 bits per heavy atom. The van der Waals surface area contributed by atoms with Crippen molar-refractivity contribution >= 4 is 5.97 Å². The van der Waals surface area contributed by atoms with Crippen LogP contribution in [0.25, 0.3) is 0 Å². The monoisotopic (exact) mass is 240 g/mol. The second-order valence-electron chi connectivity index (χ2n) is 4.24. The van der Waals surface area contributed by atoms with Crippen LogP contribution in [0.2, 0.25) is 0 Å². The van der Waals surface area contributed by atoms with Crippen LogP contribution in [-0.2, 0) is 19.9 Å². The van der Waals surface area contributed by atoms with Crippen molar-refractivity contribution in [2.24, 2.45) is 0 Å². The number of rotatable bonds is 1. The summed E-state index contributed by atoms with van der Waals surface area (Å²) in [5.41, 5.74) is -0.244. The summed E-state index contributed by atoms with van der Waals surface area (Å²) in [7, 11) is 1.25. The topological polar surface area (TPSA) is 44.8 Å². The Kier molecular flexibility index (Phi) is 2.79. The molecule has 1 aromatic carbocycles. The average Bonchev–Trinajstić information content (AvgIpc) is 2.28. The highest BCUT2D eigenvalue weighted by molar-refractivity contribution is 5.74. The first-order valence-corrected chi connectivity index (χ1v) is 5.16. The van der Waals surface area contributed by atoms with E-state index in [4.69, 9.17) is 9.47 Å². The molecule has 0 amide bonds. The molecule has 17 heavy (non-hydrogen) atoms. The van der Waals surface area contributed by atoms with E-state index in [9.17, 15) is 9.18 Å². The summed E-state index contributed by atoms with van der Waals surface area (Å²) in [6, 6.07) is 4.09. The third-order valence-electron chi connectivity index (χ3n) is 2.62. The summed E-state index contributed by atoms with van der Waals surface area (Å²) < 4.78 is 28.5. The summed E-state index contributed by atoms with van der Waals surface area (Å²) in [6.45, 7) is 3.48. The summed E-state index contributed by atoms with van der Waals surface area (Å²) in [6.07, 6.45) is -1.12. The van der Waals surface area contributed by atoms with Gasteiger partial charge in [0.2, 0.25) is 0 Å². The zero-order valence-electron chi connectivity index (χ0n) is 9.82. The van der Waals surface area contributed by atoms with Crippen molar-refractivity contribution in [1.82, 2.24) is 0 Å². The fraction of sp³-hybridized carbons (Fsp3) is 0.417. The summed E-state index contributed by atoms with van der Waals surface area (Å²) in [5.74, 6) is -0.563. The molecule has 2 rings (SSSR count). The molecular formula is C12H13FO4.